The Morgan fingerprint density at radius 1 is 1.24 bits per heavy atom. The molecule has 10 heteroatoms. The van der Waals surface area contributed by atoms with Gasteiger partial charge in [0, 0.05) is 23.6 Å². The van der Waals surface area contributed by atoms with Crippen LogP contribution in [0.3, 0.4) is 0 Å². The molecule has 2 heterocycles. The molecule has 3 amide bonds. The Morgan fingerprint density at radius 3 is 2.59 bits per heavy atom. The van der Waals surface area contributed by atoms with Crippen LogP contribution in [0, 0.1) is 13.8 Å². The van der Waals surface area contributed by atoms with Gasteiger partial charge >= 0.3 is 12.0 Å². The van der Waals surface area contributed by atoms with Crippen molar-refractivity contribution in [2.45, 2.75) is 57.5 Å². The number of nitrogens with zero attached hydrogens (tertiary/aromatic N) is 2. The molecule has 2 rings (SSSR count). The summed E-state index contributed by atoms with van der Waals surface area (Å²) in [5.41, 5.74) is 1.94. The van der Waals surface area contributed by atoms with E-state index in [-0.39, 0.29) is 11.6 Å². The molecule has 2 aromatic rings. The van der Waals surface area contributed by atoms with Crippen LogP contribution in [0.5, 0.6) is 0 Å². The largest absolute Gasteiger partial charge is 0.449 e. The average molecular weight is 420 g/mol. The number of hydrogen-bond acceptors (Lipinski definition) is 8. The quantitative estimate of drug-likeness (QED) is 0.518. The minimum Gasteiger partial charge on any atom is -0.449 e. The lowest BCUT2D eigenvalue weighted by molar-refractivity contribution is -0.127. The molecule has 0 saturated carbocycles. The van der Waals surface area contributed by atoms with Gasteiger partial charge in [-0.25, -0.2) is 14.6 Å². The van der Waals surface area contributed by atoms with Gasteiger partial charge in [-0.15, -0.1) is 11.8 Å². The van der Waals surface area contributed by atoms with Gasteiger partial charge in [-0.3, -0.25) is 10.1 Å². The molecule has 0 aliphatic heterocycles. The highest BCUT2D eigenvalue weighted by Crippen LogP contribution is 2.27. The van der Waals surface area contributed by atoms with E-state index in [2.05, 4.69) is 20.8 Å². The van der Waals surface area contributed by atoms with E-state index in [1.165, 1.54) is 18.7 Å². The van der Waals surface area contributed by atoms with E-state index in [1.807, 2.05) is 13.8 Å². The number of amides is 3. The lowest BCUT2D eigenvalue weighted by atomic mass is 10.2. The van der Waals surface area contributed by atoms with Gasteiger partial charge in [0.05, 0.1) is 11.3 Å². The van der Waals surface area contributed by atoms with Gasteiger partial charge in [-0.1, -0.05) is 5.16 Å². The minimum absolute atomic E-state index is 0.131. The second-order valence-electron chi connectivity index (χ2n) is 6.61. The van der Waals surface area contributed by atoms with Crippen LogP contribution in [0.4, 0.5) is 4.79 Å². The zero-order valence-corrected chi connectivity index (χ0v) is 17.8. The molecule has 0 bridgehead atoms. The first kappa shape index (κ1) is 22.4. The number of hydrogen-bond donors (Lipinski definition) is 2. The lowest BCUT2D eigenvalue weighted by Gasteiger charge is -2.15. The van der Waals surface area contributed by atoms with Crippen LogP contribution in [0.15, 0.2) is 27.9 Å². The number of pyridine rings is 1. The lowest BCUT2D eigenvalue weighted by Crippen LogP contribution is -2.46. The summed E-state index contributed by atoms with van der Waals surface area (Å²) < 4.78 is 10.4. The fourth-order valence-electron chi connectivity index (χ4n) is 2.30. The number of esters is 1. The van der Waals surface area contributed by atoms with E-state index in [0.717, 1.165) is 11.3 Å². The summed E-state index contributed by atoms with van der Waals surface area (Å²) in [5, 5.41) is 9.03. The van der Waals surface area contributed by atoms with Crippen LogP contribution in [0.25, 0.3) is 0 Å². The average Bonchev–Trinajstić information content (AvgIpc) is 2.97. The topological polar surface area (TPSA) is 123 Å². The Kier molecular flexibility index (Phi) is 7.77. The molecule has 0 saturated heterocycles. The molecule has 0 radical (unpaired) electrons. The predicted molar refractivity (Wildman–Crippen MR) is 106 cm³/mol. The Morgan fingerprint density at radius 2 is 1.97 bits per heavy atom. The zero-order chi connectivity index (χ0) is 21.6. The molecule has 29 heavy (non-hydrogen) atoms. The number of urea groups is 1. The number of imide groups is 1. The first-order valence-corrected chi connectivity index (χ1v) is 9.99. The molecular weight excluding hydrogens is 396 g/mol. The number of carbonyl (C=O) groups is 3. The van der Waals surface area contributed by atoms with Gasteiger partial charge in [-0.2, -0.15) is 0 Å². The highest BCUT2D eigenvalue weighted by atomic mass is 32.2. The summed E-state index contributed by atoms with van der Waals surface area (Å²) in [6.45, 7) is 8.58. The maximum absolute atomic E-state index is 12.6. The van der Waals surface area contributed by atoms with Crippen LogP contribution in [-0.4, -0.2) is 40.2 Å². The van der Waals surface area contributed by atoms with Gasteiger partial charge in [-0.05, 0) is 46.8 Å². The maximum atomic E-state index is 12.6. The van der Waals surface area contributed by atoms with Crippen molar-refractivity contribution in [3.05, 3.63) is 40.9 Å². The molecule has 0 aromatic carbocycles. The molecule has 0 unspecified atom stereocenters. The smallest absolute Gasteiger partial charge is 0.341 e. The molecule has 0 aliphatic carbocycles. The van der Waals surface area contributed by atoms with E-state index in [4.69, 9.17) is 9.26 Å². The summed E-state index contributed by atoms with van der Waals surface area (Å²) in [4.78, 5) is 40.5. The molecule has 0 aliphatic rings. The molecule has 0 spiro atoms. The second kappa shape index (κ2) is 10.1. The van der Waals surface area contributed by atoms with Crippen LogP contribution in [-0.2, 0) is 15.3 Å². The SMILES string of the molecule is Cc1noc(C)c1CSc1ncccc1C(=O)O[C@H](C)C(=O)NC(=O)NC(C)C. The van der Waals surface area contributed by atoms with Gasteiger partial charge in [0.15, 0.2) is 6.10 Å². The highest BCUT2D eigenvalue weighted by Gasteiger charge is 2.23. The first-order chi connectivity index (χ1) is 13.7. The van der Waals surface area contributed by atoms with Crippen LogP contribution >= 0.6 is 11.8 Å². The number of ether oxygens (including phenoxy) is 1. The number of aromatic nitrogens is 2. The van der Waals surface area contributed by atoms with Crippen molar-refractivity contribution < 1.29 is 23.6 Å². The van der Waals surface area contributed by atoms with E-state index in [0.29, 0.717) is 16.5 Å². The van der Waals surface area contributed by atoms with E-state index < -0.39 is 24.0 Å². The van der Waals surface area contributed by atoms with Gasteiger partial charge < -0.3 is 14.6 Å². The Labute approximate surface area is 173 Å². The van der Waals surface area contributed by atoms with Crippen LogP contribution in [0.2, 0.25) is 0 Å². The van der Waals surface area contributed by atoms with Crippen molar-refractivity contribution in [1.82, 2.24) is 20.8 Å². The monoisotopic (exact) mass is 420 g/mol. The summed E-state index contributed by atoms with van der Waals surface area (Å²) in [5.74, 6) is -0.194. The maximum Gasteiger partial charge on any atom is 0.341 e. The molecular formula is C19H24N4O5S. The van der Waals surface area contributed by atoms with Crippen molar-refractivity contribution in [1.29, 1.82) is 0 Å². The fraction of sp³-hybridized carbons (Fsp3) is 0.421. The van der Waals surface area contributed by atoms with E-state index in [9.17, 15) is 14.4 Å². The van der Waals surface area contributed by atoms with E-state index >= 15 is 0 Å². The number of aryl methyl sites for hydroxylation is 2. The molecule has 156 valence electrons. The third kappa shape index (κ3) is 6.31. The molecule has 0 fully saturated rings. The van der Waals surface area contributed by atoms with E-state index in [1.54, 1.807) is 32.2 Å². The van der Waals surface area contributed by atoms with Gasteiger partial charge in [0.2, 0.25) is 0 Å². The van der Waals surface area contributed by atoms with Gasteiger partial charge in [0.1, 0.15) is 10.8 Å². The normalized spacial score (nSPS) is 11.8. The Balaban J connectivity index is 2.02. The standard InChI is InChI=1S/C19H24N4O5S/c1-10(2)21-19(26)22-16(24)13(5)27-18(25)14-7-6-8-20-17(14)29-9-15-11(3)23-28-12(15)4/h6-8,10,13H,9H2,1-5H3,(H2,21,22,24,26)/t13-/m1/s1. The van der Waals surface area contributed by atoms with Crippen LogP contribution in [0.1, 0.15) is 48.1 Å². The first-order valence-electron chi connectivity index (χ1n) is 9.01. The fourth-order valence-corrected chi connectivity index (χ4v) is 3.43. The molecule has 1 atom stereocenters. The minimum atomic E-state index is -1.15. The second-order valence-corrected chi connectivity index (χ2v) is 7.58. The van der Waals surface area contributed by atoms with Crippen molar-refractivity contribution in [3.63, 3.8) is 0 Å². The number of carbonyl (C=O) groups excluding carboxylic acids is 3. The number of thioether (sulfide) groups is 1. The molecule has 9 nitrogen and oxygen atoms in total. The number of nitrogens with one attached hydrogen (secondary N) is 2. The van der Waals surface area contributed by atoms with Crippen molar-refractivity contribution >= 4 is 29.7 Å². The Hall–Kier alpha value is -2.88. The van der Waals surface area contributed by atoms with Crippen LogP contribution < -0.4 is 10.6 Å². The van der Waals surface area contributed by atoms with Crippen molar-refractivity contribution in [2.75, 3.05) is 0 Å². The third-order valence-corrected chi connectivity index (χ3v) is 4.87. The highest BCUT2D eigenvalue weighted by molar-refractivity contribution is 7.98. The molecule has 2 aromatic heterocycles. The number of rotatable bonds is 7. The summed E-state index contributed by atoms with van der Waals surface area (Å²) >= 11 is 1.34. The summed E-state index contributed by atoms with van der Waals surface area (Å²) in [6.07, 6.45) is 0.416. The third-order valence-electron chi connectivity index (χ3n) is 3.84. The predicted octanol–water partition coefficient (Wildman–Crippen LogP) is 2.76. The Bertz CT molecular complexity index is 877. The zero-order valence-electron chi connectivity index (χ0n) is 16.9. The summed E-state index contributed by atoms with van der Waals surface area (Å²) in [7, 11) is 0. The van der Waals surface area contributed by atoms with Crippen molar-refractivity contribution in [2.24, 2.45) is 0 Å². The van der Waals surface area contributed by atoms with Crippen molar-refractivity contribution in [3.8, 4) is 0 Å². The molecule has 2 N–H and O–H groups in total. The van der Waals surface area contributed by atoms with Gasteiger partial charge in [0.25, 0.3) is 5.91 Å². The summed E-state index contributed by atoms with van der Waals surface area (Å²) in [6, 6.07) is 2.40.